The summed E-state index contributed by atoms with van der Waals surface area (Å²) < 4.78 is 0. The van der Waals surface area contributed by atoms with Gasteiger partial charge in [-0.2, -0.15) is 0 Å². The Morgan fingerprint density at radius 3 is 2.55 bits per heavy atom. The Hall–Kier alpha value is -2.04. The number of halogens is 1. The van der Waals surface area contributed by atoms with Gasteiger partial charge in [-0.1, -0.05) is 23.7 Å². The summed E-state index contributed by atoms with van der Waals surface area (Å²) in [7, 11) is 0. The number of carbonyl (C=O) groups excluding carboxylic acids is 1. The molecule has 0 unspecified atom stereocenters. The van der Waals surface area contributed by atoms with Crippen LogP contribution < -0.4 is 10.6 Å². The highest BCUT2D eigenvalue weighted by Crippen LogP contribution is 2.13. The van der Waals surface area contributed by atoms with Gasteiger partial charge >= 0.3 is 0 Å². The Morgan fingerprint density at radius 1 is 1.10 bits per heavy atom. The van der Waals surface area contributed by atoms with E-state index in [0.29, 0.717) is 10.7 Å². The molecule has 0 aliphatic rings. The second kappa shape index (κ2) is 6.93. The molecule has 0 atom stereocenters. The molecule has 1 amide bonds. The SMILES string of the molecule is O=C(CNc1cccc(CO)c1)Nc1ccc(Cl)cc1. The number of hydrogen-bond acceptors (Lipinski definition) is 3. The number of aliphatic hydroxyl groups is 1. The van der Waals surface area contributed by atoms with Crippen LogP contribution in [-0.4, -0.2) is 17.6 Å². The summed E-state index contributed by atoms with van der Waals surface area (Å²) in [5.41, 5.74) is 2.29. The van der Waals surface area contributed by atoms with Crippen LogP contribution in [-0.2, 0) is 11.4 Å². The van der Waals surface area contributed by atoms with Crippen LogP contribution >= 0.6 is 11.6 Å². The highest BCUT2D eigenvalue weighted by Gasteiger charge is 2.02. The quantitative estimate of drug-likeness (QED) is 0.793. The van der Waals surface area contributed by atoms with E-state index in [0.717, 1.165) is 11.3 Å². The molecule has 0 aliphatic carbocycles. The number of nitrogens with one attached hydrogen (secondary N) is 2. The van der Waals surface area contributed by atoms with Crippen molar-refractivity contribution in [2.75, 3.05) is 17.2 Å². The standard InChI is InChI=1S/C15H15ClN2O2/c16-12-4-6-13(7-5-12)18-15(20)9-17-14-3-1-2-11(8-14)10-19/h1-8,17,19H,9-10H2,(H,18,20). The van der Waals surface area contributed by atoms with E-state index < -0.39 is 0 Å². The first-order valence-corrected chi connectivity index (χ1v) is 6.54. The molecule has 20 heavy (non-hydrogen) atoms. The number of anilines is 2. The second-order valence-corrected chi connectivity index (χ2v) is 4.70. The van der Waals surface area contributed by atoms with Gasteiger partial charge in [-0.05, 0) is 42.0 Å². The third-order valence-electron chi connectivity index (χ3n) is 2.69. The van der Waals surface area contributed by atoms with Crippen LogP contribution in [0.2, 0.25) is 5.02 Å². The minimum absolute atomic E-state index is 0.0213. The fraction of sp³-hybridized carbons (Fsp3) is 0.133. The average molecular weight is 291 g/mol. The minimum Gasteiger partial charge on any atom is -0.392 e. The highest BCUT2D eigenvalue weighted by atomic mass is 35.5. The fourth-order valence-corrected chi connectivity index (χ4v) is 1.83. The minimum atomic E-state index is -0.151. The van der Waals surface area contributed by atoms with Crippen LogP contribution in [0.1, 0.15) is 5.56 Å². The Labute approximate surface area is 122 Å². The molecule has 0 radical (unpaired) electrons. The predicted molar refractivity (Wildman–Crippen MR) is 80.9 cm³/mol. The van der Waals surface area contributed by atoms with Gasteiger partial charge in [0, 0.05) is 16.4 Å². The summed E-state index contributed by atoms with van der Waals surface area (Å²) in [6, 6.07) is 14.2. The van der Waals surface area contributed by atoms with Crippen molar-refractivity contribution >= 4 is 28.9 Å². The first-order chi connectivity index (χ1) is 9.67. The third-order valence-corrected chi connectivity index (χ3v) is 2.94. The summed E-state index contributed by atoms with van der Waals surface area (Å²) in [5.74, 6) is -0.151. The number of carbonyl (C=O) groups is 1. The molecule has 0 bridgehead atoms. The lowest BCUT2D eigenvalue weighted by Crippen LogP contribution is -2.21. The molecule has 0 aliphatic heterocycles. The lowest BCUT2D eigenvalue weighted by atomic mass is 10.2. The molecule has 0 heterocycles. The molecule has 2 aromatic rings. The molecule has 2 aromatic carbocycles. The average Bonchev–Trinajstić information content (AvgIpc) is 2.48. The van der Waals surface area contributed by atoms with Crippen LogP contribution in [0, 0.1) is 0 Å². The van der Waals surface area contributed by atoms with Crippen molar-refractivity contribution in [1.29, 1.82) is 0 Å². The lowest BCUT2D eigenvalue weighted by Gasteiger charge is -2.08. The number of amides is 1. The molecule has 2 rings (SSSR count). The maximum atomic E-state index is 11.8. The van der Waals surface area contributed by atoms with Crippen molar-refractivity contribution in [3.05, 3.63) is 59.1 Å². The van der Waals surface area contributed by atoms with Gasteiger partial charge in [0.1, 0.15) is 0 Å². The zero-order valence-electron chi connectivity index (χ0n) is 10.8. The number of hydrogen-bond donors (Lipinski definition) is 3. The molecule has 0 spiro atoms. The van der Waals surface area contributed by atoms with Crippen molar-refractivity contribution in [2.24, 2.45) is 0 Å². The van der Waals surface area contributed by atoms with Gasteiger partial charge in [0.05, 0.1) is 13.2 Å². The van der Waals surface area contributed by atoms with Crippen LogP contribution in [0.25, 0.3) is 0 Å². The molecule has 0 fully saturated rings. The van der Waals surface area contributed by atoms with E-state index in [1.54, 1.807) is 30.3 Å². The van der Waals surface area contributed by atoms with Gasteiger partial charge in [-0.3, -0.25) is 4.79 Å². The van der Waals surface area contributed by atoms with Crippen LogP contribution in [0.5, 0.6) is 0 Å². The van der Waals surface area contributed by atoms with Gasteiger partial charge in [-0.25, -0.2) is 0 Å². The Balaban J connectivity index is 1.87. The van der Waals surface area contributed by atoms with Crippen LogP contribution in [0.15, 0.2) is 48.5 Å². The summed E-state index contributed by atoms with van der Waals surface area (Å²) in [6.45, 7) is 0.129. The number of benzene rings is 2. The van der Waals surface area contributed by atoms with E-state index in [4.69, 9.17) is 16.7 Å². The Bertz CT molecular complexity index is 585. The van der Waals surface area contributed by atoms with Crippen LogP contribution in [0.4, 0.5) is 11.4 Å². The largest absolute Gasteiger partial charge is 0.392 e. The van der Waals surface area contributed by atoms with Gasteiger partial charge < -0.3 is 15.7 Å². The molecule has 4 nitrogen and oxygen atoms in total. The molecule has 0 saturated heterocycles. The highest BCUT2D eigenvalue weighted by molar-refractivity contribution is 6.30. The monoisotopic (exact) mass is 290 g/mol. The summed E-state index contributed by atoms with van der Waals surface area (Å²) >= 11 is 5.77. The van der Waals surface area contributed by atoms with Gasteiger partial charge in [0.25, 0.3) is 0 Å². The van der Waals surface area contributed by atoms with Gasteiger partial charge in [-0.15, -0.1) is 0 Å². The van der Waals surface area contributed by atoms with Crippen molar-refractivity contribution < 1.29 is 9.90 Å². The molecule has 104 valence electrons. The number of rotatable bonds is 5. The summed E-state index contributed by atoms with van der Waals surface area (Å²) in [4.78, 5) is 11.8. The van der Waals surface area contributed by atoms with E-state index in [1.165, 1.54) is 0 Å². The maximum Gasteiger partial charge on any atom is 0.243 e. The van der Waals surface area contributed by atoms with Crippen molar-refractivity contribution in [3.63, 3.8) is 0 Å². The number of aliphatic hydroxyl groups excluding tert-OH is 1. The van der Waals surface area contributed by atoms with E-state index in [9.17, 15) is 4.79 Å². The molecule has 5 heteroatoms. The third kappa shape index (κ3) is 4.26. The van der Waals surface area contributed by atoms with E-state index in [2.05, 4.69) is 10.6 Å². The van der Waals surface area contributed by atoms with Crippen molar-refractivity contribution in [3.8, 4) is 0 Å². The molecule has 0 saturated carbocycles. The van der Waals surface area contributed by atoms with E-state index in [1.807, 2.05) is 18.2 Å². The molecule has 0 aromatic heterocycles. The zero-order chi connectivity index (χ0) is 14.4. The lowest BCUT2D eigenvalue weighted by molar-refractivity contribution is -0.114. The normalized spacial score (nSPS) is 10.1. The van der Waals surface area contributed by atoms with Crippen LogP contribution in [0.3, 0.4) is 0 Å². The Kier molecular flexibility index (Phi) is 4.98. The van der Waals surface area contributed by atoms with Gasteiger partial charge in [0.15, 0.2) is 0 Å². The Morgan fingerprint density at radius 2 is 1.85 bits per heavy atom. The van der Waals surface area contributed by atoms with Gasteiger partial charge in [0.2, 0.25) is 5.91 Å². The molecule has 3 N–H and O–H groups in total. The van der Waals surface area contributed by atoms with Crippen molar-refractivity contribution in [1.82, 2.24) is 0 Å². The van der Waals surface area contributed by atoms with E-state index in [-0.39, 0.29) is 19.1 Å². The molecular weight excluding hydrogens is 276 g/mol. The first-order valence-electron chi connectivity index (χ1n) is 6.16. The molecular formula is C15H15ClN2O2. The van der Waals surface area contributed by atoms with E-state index >= 15 is 0 Å². The first kappa shape index (κ1) is 14.4. The maximum absolute atomic E-state index is 11.8. The van der Waals surface area contributed by atoms with Crippen molar-refractivity contribution in [2.45, 2.75) is 6.61 Å². The fourth-order valence-electron chi connectivity index (χ4n) is 1.70. The topological polar surface area (TPSA) is 61.4 Å². The summed E-state index contributed by atoms with van der Waals surface area (Å²) in [6.07, 6.45) is 0. The second-order valence-electron chi connectivity index (χ2n) is 4.27. The summed E-state index contributed by atoms with van der Waals surface area (Å²) in [5, 5.41) is 15.4. The zero-order valence-corrected chi connectivity index (χ0v) is 11.5. The smallest absolute Gasteiger partial charge is 0.243 e. The predicted octanol–water partition coefficient (Wildman–Crippen LogP) is 2.88.